The zero-order valence-electron chi connectivity index (χ0n) is 31.8. The van der Waals surface area contributed by atoms with Gasteiger partial charge in [-0.15, -0.1) is 11.3 Å². The third kappa shape index (κ3) is 5.67. The van der Waals surface area contributed by atoms with Crippen LogP contribution in [0.5, 0.6) is 11.5 Å². The van der Waals surface area contributed by atoms with Crippen LogP contribution in [0, 0.1) is 0 Å². The summed E-state index contributed by atoms with van der Waals surface area (Å²) in [6.07, 6.45) is 0. The first-order valence-electron chi connectivity index (χ1n) is 19.9. The van der Waals surface area contributed by atoms with Gasteiger partial charge in [-0.3, -0.25) is 0 Å². The minimum Gasteiger partial charge on any atom is -0.458 e. The Hall–Kier alpha value is -6.72. The maximum absolute atomic E-state index is 6.36. The Morgan fingerprint density at radius 3 is 1.57 bits per heavy atom. The zero-order valence-corrected chi connectivity index (χ0v) is 33.6. The summed E-state index contributed by atoms with van der Waals surface area (Å²) in [6, 6.07) is 82.8. The van der Waals surface area contributed by atoms with Crippen LogP contribution in [-0.4, -0.2) is 14.8 Å². The highest BCUT2D eigenvalue weighted by Gasteiger charge is 2.41. The molecule has 1 nitrogen and oxygen atoms in total. The fourth-order valence-electron chi connectivity index (χ4n) is 9.36. The summed E-state index contributed by atoms with van der Waals surface area (Å²) in [5, 5.41) is 8.11. The Balaban J connectivity index is 1.03. The number of hydrogen-bond donors (Lipinski definition) is 0. The van der Waals surface area contributed by atoms with Crippen molar-refractivity contribution in [1.82, 2.24) is 0 Å². The van der Waals surface area contributed by atoms with Crippen molar-refractivity contribution in [1.29, 1.82) is 0 Å². The maximum atomic E-state index is 6.36. The van der Waals surface area contributed by atoms with Crippen LogP contribution in [0.2, 0.25) is 0 Å². The first kappa shape index (κ1) is 34.5. The van der Waals surface area contributed by atoms with Crippen molar-refractivity contribution >= 4 is 83.4 Å². The van der Waals surface area contributed by atoms with Crippen molar-refractivity contribution < 1.29 is 4.74 Å². The van der Waals surface area contributed by atoms with Crippen molar-refractivity contribution in [2.75, 3.05) is 0 Å². The van der Waals surface area contributed by atoms with Crippen molar-refractivity contribution in [3.8, 4) is 33.8 Å². The third-order valence-electron chi connectivity index (χ3n) is 12.0. The molecule has 0 unspecified atom stereocenters. The Morgan fingerprint density at radius 2 is 0.914 bits per heavy atom. The molecule has 0 N–H and O–H groups in total. The minimum absolute atomic E-state index is 0.0912. The molecule has 0 saturated heterocycles. The van der Waals surface area contributed by atoms with Gasteiger partial charge in [0.1, 0.15) is 11.5 Å². The smallest absolute Gasteiger partial charge is 0.250 e. The number of rotatable bonds is 7. The molecule has 0 aliphatic carbocycles. The molecule has 0 saturated carbocycles. The van der Waals surface area contributed by atoms with Crippen molar-refractivity contribution in [3.63, 3.8) is 0 Å². The Kier molecular flexibility index (Phi) is 8.54. The molecule has 9 aromatic carbocycles. The number of benzene rings is 9. The summed E-state index contributed by atoms with van der Waals surface area (Å²) in [6.45, 7) is 0.0912. The van der Waals surface area contributed by atoms with E-state index in [1.807, 2.05) is 11.3 Å². The van der Waals surface area contributed by atoms with Crippen LogP contribution in [0.15, 0.2) is 224 Å². The second-order valence-electron chi connectivity index (χ2n) is 15.2. The summed E-state index contributed by atoms with van der Waals surface area (Å²) >= 11 is 1.89. The van der Waals surface area contributed by atoms with Crippen molar-refractivity contribution in [2.45, 2.75) is 0 Å². The molecule has 58 heavy (non-hydrogen) atoms. The fourth-order valence-corrected chi connectivity index (χ4v) is 15.4. The van der Waals surface area contributed by atoms with Gasteiger partial charge in [0.25, 0.3) is 6.71 Å². The average molecular weight is 773 g/mol. The fraction of sp³-hybridized carbons (Fsp3) is 0. The highest BCUT2D eigenvalue weighted by molar-refractivity contribution is 7.26. The maximum Gasteiger partial charge on any atom is 0.250 e. The predicted molar refractivity (Wildman–Crippen MR) is 251 cm³/mol. The van der Waals surface area contributed by atoms with E-state index in [1.54, 1.807) is 0 Å². The van der Waals surface area contributed by atoms with E-state index >= 15 is 0 Å². The SMILES string of the molecule is c1ccc([Si](c2ccccc2)(c2ccccc2)c2cccc(-c3ccc4sc5c(-c6cccc(B7c8ccccc8Oc8ccccc87)c6)cccc5c4c3)c2)cc1. The first-order valence-corrected chi connectivity index (χ1v) is 22.8. The lowest BCUT2D eigenvalue weighted by molar-refractivity contribution is 0.487. The van der Waals surface area contributed by atoms with Crippen LogP contribution in [0.1, 0.15) is 0 Å². The van der Waals surface area contributed by atoms with E-state index in [1.165, 1.54) is 79.6 Å². The minimum atomic E-state index is -2.65. The summed E-state index contributed by atoms with van der Waals surface area (Å²) in [5.41, 5.74) is 8.63. The Morgan fingerprint density at radius 1 is 0.379 bits per heavy atom. The van der Waals surface area contributed by atoms with Gasteiger partial charge in [0, 0.05) is 20.2 Å². The van der Waals surface area contributed by atoms with Crippen LogP contribution < -0.4 is 41.9 Å². The molecule has 0 spiro atoms. The summed E-state index contributed by atoms with van der Waals surface area (Å²) in [7, 11) is -2.65. The van der Waals surface area contributed by atoms with Gasteiger partial charge in [-0.25, -0.2) is 0 Å². The molecular formula is C54H37BOSSi. The standard InChI is InChI=1S/C54H37BOSSi/c1-4-20-42(21-5-1)58(43-22-6-2-7-23-43,44-24-8-3-9-25-44)45-26-15-17-38(36-45)39-33-34-53-48(37-39)47-28-16-27-46(54(47)57-53)40-18-14-19-41(35-40)55-49-29-10-12-31-51(49)56-52-32-13-11-30-50(52)55/h1-37H. The topological polar surface area (TPSA) is 9.23 Å². The van der Waals surface area contributed by atoms with E-state index in [0.29, 0.717) is 0 Å². The van der Waals surface area contributed by atoms with Gasteiger partial charge < -0.3 is 4.74 Å². The molecule has 1 aliphatic heterocycles. The molecule has 11 rings (SSSR count). The predicted octanol–water partition coefficient (Wildman–Crippen LogP) is 9.39. The molecule has 1 aromatic heterocycles. The monoisotopic (exact) mass is 772 g/mol. The molecule has 0 atom stereocenters. The van der Waals surface area contributed by atoms with E-state index < -0.39 is 8.07 Å². The summed E-state index contributed by atoms with van der Waals surface area (Å²) in [5.74, 6) is 1.86. The summed E-state index contributed by atoms with van der Waals surface area (Å²) in [4.78, 5) is 0. The normalized spacial score (nSPS) is 12.2. The highest BCUT2D eigenvalue weighted by atomic mass is 32.1. The van der Waals surface area contributed by atoms with Gasteiger partial charge in [-0.2, -0.15) is 0 Å². The zero-order chi connectivity index (χ0) is 38.5. The van der Waals surface area contributed by atoms with E-state index in [-0.39, 0.29) is 6.71 Å². The highest BCUT2D eigenvalue weighted by Crippen LogP contribution is 2.41. The molecule has 0 radical (unpaired) electrons. The van der Waals surface area contributed by atoms with Crippen molar-refractivity contribution in [3.05, 3.63) is 224 Å². The molecule has 2 heterocycles. The second kappa shape index (κ2) is 14.3. The Bertz CT molecular complexity index is 2960. The molecule has 0 amide bonds. The lowest BCUT2D eigenvalue weighted by Gasteiger charge is -2.34. The van der Waals surface area contributed by atoms with Gasteiger partial charge >= 0.3 is 0 Å². The average Bonchev–Trinajstić information content (AvgIpc) is 3.68. The van der Waals surface area contributed by atoms with Crippen molar-refractivity contribution in [2.24, 2.45) is 0 Å². The molecule has 10 aromatic rings. The number of hydrogen-bond acceptors (Lipinski definition) is 2. The van der Waals surface area contributed by atoms with Crippen LogP contribution in [0.25, 0.3) is 42.4 Å². The van der Waals surface area contributed by atoms with E-state index in [9.17, 15) is 0 Å². The molecule has 0 fully saturated rings. The lowest BCUT2D eigenvalue weighted by atomic mass is 9.36. The molecule has 1 aliphatic rings. The molecule has 4 heteroatoms. The first-order chi connectivity index (χ1) is 28.8. The summed E-state index contributed by atoms with van der Waals surface area (Å²) < 4.78 is 8.98. The third-order valence-corrected chi connectivity index (χ3v) is 18.0. The number of fused-ring (bicyclic) bond motifs is 5. The lowest BCUT2D eigenvalue weighted by Crippen LogP contribution is -2.74. The number of para-hydroxylation sites is 2. The van der Waals surface area contributed by atoms with Gasteiger partial charge in [-0.1, -0.05) is 206 Å². The van der Waals surface area contributed by atoms with E-state index in [2.05, 4.69) is 224 Å². The van der Waals surface area contributed by atoms with Gasteiger partial charge in [0.2, 0.25) is 0 Å². The Labute approximate surface area is 344 Å². The molecule has 0 bridgehead atoms. The van der Waals surface area contributed by atoms with Gasteiger partial charge in [-0.05, 0) is 78.2 Å². The largest absolute Gasteiger partial charge is 0.458 e. The van der Waals surface area contributed by atoms with Gasteiger partial charge in [0.05, 0.1) is 0 Å². The second-order valence-corrected chi connectivity index (χ2v) is 20.0. The van der Waals surface area contributed by atoms with Crippen LogP contribution >= 0.6 is 11.3 Å². The quantitative estimate of drug-likeness (QED) is 0.116. The molecule has 272 valence electrons. The molecular weight excluding hydrogens is 736 g/mol. The van der Waals surface area contributed by atoms with Crippen LogP contribution in [0.4, 0.5) is 0 Å². The van der Waals surface area contributed by atoms with Gasteiger partial charge in [0.15, 0.2) is 8.07 Å². The van der Waals surface area contributed by atoms with Crippen LogP contribution in [-0.2, 0) is 0 Å². The van der Waals surface area contributed by atoms with E-state index in [0.717, 1.165) is 11.5 Å². The van der Waals surface area contributed by atoms with E-state index in [4.69, 9.17) is 4.74 Å². The van der Waals surface area contributed by atoms with Crippen LogP contribution in [0.3, 0.4) is 0 Å². The number of ether oxygens (including phenoxy) is 1. The number of thiophene rings is 1.